The molecule has 0 aromatic carbocycles. The topological polar surface area (TPSA) is 103 Å². The number of rotatable bonds is 5. The summed E-state index contributed by atoms with van der Waals surface area (Å²) in [6, 6.07) is 3.07. The molecular formula is C17H17F2N5O2S. The van der Waals surface area contributed by atoms with Gasteiger partial charge in [0.25, 0.3) is 12.3 Å². The van der Waals surface area contributed by atoms with Crippen molar-refractivity contribution in [3.63, 3.8) is 0 Å². The van der Waals surface area contributed by atoms with Crippen LogP contribution >= 0.6 is 11.3 Å². The largest absolute Gasteiger partial charge is 0.365 e. The molecule has 0 aliphatic rings. The van der Waals surface area contributed by atoms with Crippen molar-refractivity contribution in [3.8, 4) is 0 Å². The molecule has 2 amide bonds. The zero-order valence-corrected chi connectivity index (χ0v) is 15.7. The summed E-state index contributed by atoms with van der Waals surface area (Å²) in [6.45, 7) is 5.19. The summed E-state index contributed by atoms with van der Waals surface area (Å²) in [5.74, 6) is -1.18. The van der Waals surface area contributed by atoms with Crippen LogP contribution < -0.4 is 11.1 Å². The van der Waals surface area contributed by atoms with Crippen LogP contribution in [0.15, 0.2) is 12.1 Å². The number of fused-ring (bicyclic) bond motifs is 1. The number of halogens is 2. The van der Waals surface area contributed by atoms with Crippen LogP contribution in [0.2, 0.25) is 0 Å². The molecule has 3 heterocycles. The number of anilines is 1. The molecule has 0 fully saturated rings. The first-order chi connectivity index (χ1) is 12.7. The van der Waals surface area contributed by atoms with E-state index >= 15 is 0 Å². The second-order valence-corrected chi connectivity index (χ2v) is 7.15. The molecule has 0 spiro atoms. The molecule has 0 aliphatic heterocycles. The molecular weight excluding hydrogens is 376 g/mol. The van der Waals surface area contributed by atoms with Gasteiger partial charge in [0.15, 0.2) is 0 Å². The number of carbonyl (C=O) groups excluding carboxylic acids is 2. The van der Waals surface area contributed by atoms with Gasteiger partial charge in [-0.1, -0.05) is 0 Å². The smallest absolute Gasteiger partial charge is 0.280 e. The van der Waals surface area contributed by atoms with Crippen molar-refractivity contribution in [3.05, 3.63) is 39.7 Å². The first-order valence-corrected chi connectivity index (χ1v) is 8.82. The van der Waals surface area contributed by atoms with E-state index in [1.165, 1.54) is 10.7 Å². The second-order valence-electron chi connectivity index (χ2n) is 6.15. The molecule has 3 aromatic heterocycles. The molecule has 10 heteroatoms. The van der Waals surface area contributed by atoms with Gasteiger partial charge in [-0.05, 0) is 38.5 Å². The quantitative estimate of drug-likeness (QED) is 0.695. The number of nitrogens with zero attached hydrogens (tertiary/aromatic N) is 3. The van der Waals surface area contributed by atoms with Gasteiger partial charge in [0.05, 0.1) is 11.4 Å². The Morgan fingerprint density at radius 1 is 1.30 bits per heavy atom. The van der Waals surface area contributed by atoms with Crippen LogP contribution in [0, 0.1) is 20.8 Å². The van der Waals surface area contributed by atoms with Crippen molar-refractivity contribution in [1.29, 1.82) is 0 Å². The summed E-state index contributed by atoms with van der Waals surface area (Å²) in [5.41, 5.74) is 7.27. The van der Waals surface area contributed by atoms with Gasteiger partial charge in [0.2, 0.25) is 5.91 Å². The highest BCUT2D eigenvalue weighted by molar-refractivity contribution is 7.21. The number of alkyl halides is 2. The average Bonchev–Trinajstić information content (AvgIpc) is 3.07. The molecule has 3 N–H and O–H groups in total. The van der Waals surface area contributed by atoms with Gasteiger partial charge in [0, 0.05) is 11.1 Å². The van der Waals surface area contributed by atoms with Crippen molar-refractivity contribution >= 4 is 39.1 Å². The third kappa shape index (κ3) is 3.65. The maximum atomic E-state index is 13.0. The van der Waals surface area contributed by atoms with E-state index in [4.69, 9.17) is 5.73 Å². The Kier molecular flexibility index (Phi) is 4.92. The highest BCUT2D eigenvalue weighted by Gasteiger charge is 2.23. The van der Waals surface area contributed by atoms with E-state index in [2.05, 4.69) is 15.4 Å². The van der Waals surface area contributed by atoms with Gasteiger partial charge in [-0.3, -0.25) is 14.3 Å². The minimum atomic E-state index is -2.74. The lowest BCUT2D eigenvalue weighted by Gasteiger charge is -2.09. The lowest BCUT2D eigenvalue weighted by atomic mass is 10.1. The summed E-state index contributed by atoms with van der Waals surface area (Å²) in [6.07, 6.45) is -2.74. The first kappa shape index (κ1) is 18.9. The number of amides is 2. The zero-order chi connectivity index (χ0) is 19.9. The number of hydrogen-bond acceptors (Lipinski definition) is 5. The van der Waals surface area contributed by atoms with Crippen LogP contribution in [0.5, 0.6) is 0 Å². The lowest BCUT2D eigenvalue weighted by Crippen LogP contribution is -2.22. The molecule has 27 heavy (non-hydrogen) atoms. The minimum Gasteiger partial charge on any atom is -0.365 e. The van der Waals surface area contributed by atoms with E-state index in [-0.39, 0.29) is 21.9 Å². The number of thiophene rings is 1. The number of hydrogen-bond donors (Lipinski definition) is 2. The Hall–Kier alpha value is -2.88. The highest BCUT2D eigenvalue weighted by Crippen LogP contribution is 2.38. The zero-order valence-electron chi connectivity index (χ0n) is 14.8. The molecule has 0 atom stereocenters. The summed E-state index contributed by atoms with van der Waals surface area (Å²) in [4.78, 5) is 28.5. The molecule has 142 valence electrons. The predicted octanol–water partition coefficient (Wildman–Crippen LogP) is 3.09. The fourth-order valence-electron chi connectivity index (χ4n) is 2.86. The second kappa shape index (κ2) is 7.03. The number of primary amides is 1. The third-order valence-corrected chi connectivity index (χ3v) is 5.09. The van der Waals surface area contributed by atoms with Crippen molar-refractivity contribution in [2.75, 3.05) is 5.32 Å². The fourth-order valence-corrected chi connectivity index (χ4v) is 3.93. The standard InChI is InChI=1S/C17H17F2N5O2S/c1-7-4-10(15(18)19)21-17-12(7)13(14(27-17)16(20)26)22-11(25)6-24-9(3)5-8(2)23-24/h4-5,15H,6H2,1-3H3,(H2,20,26)(H,22,25). The highest BCUT2D eigenvalue weighted by atomic mass is 32.1. The number of carbonyl (C=O) groups is 2. The normalized spacial score (nSPS) is 11.3. The number of nitrogens with one attached hydrogen (secondary N) is 1. The SMILES string of the molecule is Cc1cc(C)n(CC(=O)Nc2c(C(N)=O)sc3nc(C(F)F)cc(C)c23)n1. The molecule has 3 rings (SSSR count). The summed E-state index contributed by atoms with van der Waals surface area (Å²) >= 11 is 0.877. The van der Waals surface area contributed by atoms with E-state index in [0.29, 0.717) is 10.9 Å². The van der Waals surface area contributed by atoms with Crippen molar-refractivity contribution in [1.82, 2.24) is 14.8 Å². The number of aromatic nitrogens is 3. The number of nitrogens with two attached hydrogens (primary N) is 1. The van der Waals surface area contributed by atoms with Crippen LogP contribution in [-0.4, -0.2) is 26.6 Å². The Balaban J connectivity index is 2.01. The average molecular weight is 393 g/mol. The Bertz CT molecular complexity index is 1060. The van der Waals surface area contributed by atoms with Gasteiger partial charge >= 0.3 is 0 Å². The van der Waals surface area contributed by atoms with E-state index in [1.807, 2.05) is 19.9 Å². The van der Waals surface area contributed by atoms with Gasteiger partial charge < -0.3 is 11.1 Å². The summed E-state index contributed by atoms with van der Waals surface area (Å²) < 4.78 is 27.5. The lowest BCUT2D eigenvalue weighted by molar-refractivity contribution is -0.116. The molecule has 0 radical (unpaired) electrons. The monoisotopic (exact) mass is 393 g/mol. The summed E-state index contributed by atoms with van der Waals surface area (Å²) in [7, 11) is 0. The fraction of sp³-hybridized carbons (Fsp3) is 0.294. The van der Waals surface area contributed by atoms with Crippen molar-refractivity contribution in [2.24, 2.45) is 5.73 Å². The minimum absolute atomic E-state index is 0.0587. The van der Waals surface area contributed by atoms with Crippen LogP contribution in [0.25, 0.3) is 10.2 Å². The third-order valence-electron chi connectivity index (χ3n) is 3.99. The van der Waals surface area contributed by atoms with Crippen molar-refractivity contribution < 1.29 is 18.4 Å². The van der Waals surface area contributed by atoms with Gasteiger partial charge in [-0.25, -0.2) is 13.8 Å². The molecule has 0 saturated heterocycles. The predicted molar refractivity (Wildman–Crippen MR) is 98.2 cm³/mol. The maximum absolute atomic E-state index is 13.0. The first-order valence-electron chi connectivity index (χ1n) is 8.00. The molecule has 0 bridgehead atoms. The number of pyridine rings is 1. The summed E-state index contributed by atoms with van der Waals surface area (Å²) in [5, 5.41) is 7.32. The van der Waals surface area contributed by atoms with Gasteiger partial charge in [0.1, 0.15) is 21.9 Å². The van der Waals surface area contributed by atoms with Crippen LogP contribution in [0.1, 0.15) is 38.7 Å². The molecule has 0 saturated carbocycles. The van der Waals surface area contributed by atoms with Crippen molar-refractivity contribution in [2.45, 2.75) is 33.7 Å². The van der Waals surface area contributed by atoms with E-state index < -0.39 is 23.9 Å². The number of aryl methyl sites for hydroxylation is 3. The molecule has 0 unspecified atom stereocenters. The Labute approximate surface area is 157 Å². The van der Waals surface area contributed by atoms with E-state index in [1.54, 1.807) is 6.92 Å². The van der Waals surface area contributed by atoms with Crippen LogP contribution in [0.4, 0.5) is 14.5 Å². The van der Waals surface area contributed by atoms with E-state index in [9.17, 15) is 18.4 Å². The van der Waals surface area contributed by atoms with Crippen LogP contribution in [-0.2, 0) is 11.3 Å². The molecule has 0 aliphatic carbocycles. The van der Waals surface area contributed by atoms with E-state index in [0.717, 1.165) is 22.7 Å². The molecule has 3 aromatic rings. The molecule has 7 nitrogen and oxygen atoms in total. The Morgan fingerprint density at radius 2 is 2.00 bits per heavy atom. The van der Waals surface area contributed by atoms with Crippen LogP contribution in [0.3, 0.4) is 0 Å². The van der Waals surface area contributed by atoms with Gasteiger partial charge in [-0.15, -0.1) is 11.3 Å². The maximum Gasteiger partial charge on any atom is 0.280 e. The van der Waals surface area contributed by atoms with Gasteiger partial charge in [-0.2, -0.15) is 5.10 Å². The Morgan fingerprint density at radius 3 is 2.56 bits per heavy atom.